The summed E-state index contributed by atoms with van der Waals surface area (Å²) in [6.45, 7) is -1.69. The highest BCUT2D eigenvalue weighted by atomic mass is 32.7. The van der Waals surface area contributed by atoms with Gasteiger partial charge in [-0.3, -0.25) is 0 Å². The number of hydrogen-bond acceptors (Lipinski definition) is 21. The fourth-order valence-corrected chi connectivity index (χ4v) is 11.8. The molecule has 22 heteroatoms. The van der Waals surface area contributed by atoms with Crippen molar-refractivity contribution in [1.82, 2.24) is 0 Å². The molecule has 0 bridgehead atoms. The first kappa shape index (κ1) is 63.0. The maximum Gasteiger partial charge on any atom is 0.338 e. The van der Waals surface area contributed by atoms with Crippen LogP contribution in [0.5, 0.6) is 0 Å². The Balaban J connectivity index is 1.03. The molecule has 89 heavy (non-hydrogen) atoms. The predicted octanol–water partition coefficient (Wildman–Crippen LogP) is 10.1. The van der Waals surface area contributed by atoms with Crippen molar-refractivity contribution in [3.05, 3.63) is 282 Å². The van der Waals surface area contributed by atoms with Crippen molar-refractivity contribution in [3.63, 3.8) is 0 Å². The SMILES string of the molecule is O=C(OC[C@H]1O[C@H](O[P+]([O-])([S-])OC[C@H]2O[C@H](Sc3ccccc3)[C@H](OC(=O)c3ccccc3)[C@@H](OC(=O)c3ccccc3)[C@@H]2OC(=O)c2ccccc2)[C@H](OC(=O)c2ccccc2)[C@@H](OC(=O)c2ccccc2)[C@@H]1OC(=O)c1ccccc1)c1ccccc1. The van der Waals surface area contributed by atoms with Gasteiger partial charge in [-0.1, -0.05) is 157 Å². The number of carbonyl (C=O) groups excluding carboxylic acids is 7. The molecule has 11 atom stereocenters. The minimum Gasteiger partial charge on any atom is -0.648 e. The fourth-order valence-electron chi connectivity index (χ4n) is 9.37. The lowest BCUT2D eigenvalue weighted by Crippen LogP contribution is -2.63. The smallest absolute Gasteiger partial charge is 0.338 e. The van der Waals surface area contributed by atoms with Crippen LogP contribution in [-0.2, 0) is 63.9 Å². The van der Waals surface area contributed by atoms with Gasteiger partial charge >= 0.3 is 41.8 Å². The van der Waals surface area contributed by atoms with Gasteiger partial charge in [0.05, 0.1) is 38.9 Å². The number of carbonyl (C=O) groups is 7. The Morgan fingerprint density at radius 2 is 0.640 bits per heavy atom. The van der Waals surface area contributed by atoms with Crippen LogP contribution in [0, 0.1) is 0 Å². The average Bonchev–Trinajstić information content (AvgIpc) is 0.873. The molecule has 10 rings (SSSR count). The van der Waals surface area contributed by atoms with Gasteiger partial charge in [0.15, 0.2) is 36.6 Å². The molecule has 0 N–H and O–H groups in total. The minimum atomic E-state index is -5.19. The lowest BCUT2D eigenvalue weighted by molar-refractivity contribution is -0.298. The Kier molecular flexibility index (Phi) is 21.4. The molecule has 1 unspecified atom stereocenters. The molecule has 8 aromatic rings. The molecule has 2 fully saturated rings. The van der Waals surface area contributed by atoms with E-state index < -0.39 is 123 Å². The number of ether oxygens (including phenoxy) is 9. The number of hydrogen-bond donors (Lipinski definition) is 0. The van der Waals surface area contributed by atoms with Gasteiger partial charge in [0.2, 0.25) is 6.29 Å². The monoisotopic (exact) mass is 1260 g/mol. The van der Waals surface area contributed by atoms with Crippen molar-refractivity contribution in [2.75, 3.05) is 13.2 Å². The lowest BCUT2D eigenvalue weighted by atomic mass is 9.97. The normalized spacial score (nSPS) is 21.9. The first-order chi connectivity index (χ1) is 43.3. The second-order valence-electron chi connectivity index (χ2n) is 19.7. The van der Waals surface area contributed by atoms with E-state index in [1.807, 2.05) is 0 Å². The van der Waals surface area contributed by atoms with E-state index >= 15 is 4.89 Å². The van der Waals surface area contributed by atoms with Crippen LogP contribution in [0.25, 0.3) is 0 Å². The van der Waals surface area contributed by atoms with Gasteiger partial charge in [0.25, 0.3) is 0 Å². The number of benzene rings is 8. The molecule has 2 aliphatic heterocycles. The summed E-state index contributed by atoms with van der Waals surface area (Å²) in [6, 6.07) is 63.1. The topological polar surface area (TPSA) is 244 Å². The summed E-state index contributed by atoms with van der Waals surface area (Å²) in [5, 5.41) is 0. The van der Waals surface area contributed by atoms with E-state index in [0.717, 1.165) is 11.8 Å². The zero-order valence-electron chi connectivity index (χ0n) is 46.8. The number of thioether (sulfide) groups is 1. The molecular weight excluding hydrogens is 1200 g/mol. The van der Waals surface area contributed by atoms with Crippen LogP contribution in [0.3, 0.4) is 0 Å². The summed E-state index contributed by atoms with van der Waals surface area (Å²) in [4.78, 5) is 115. The van der Waals surface area contributed by atoms with Gasteiger partial charge in [-0.2, -0.15) is 4.52 Å². The van der Waals surface area contributed by atoms with E-state index in [4.69, 9.17) is 63.9 Å². The van der Waals surface area contributed by atoms with E-state index in [0.29, 0.717) is 4.90 Å². The fraction of sp³-hybridized carbons (Fsp3) is 0.179. The molecule has 0 aromatic heterocycles. The Bertz CT molecular complexity index is 3660. The van der Waals surface area contributed by atoms with Crippen molar-refractivity contribution < 1.29 is 90.1 Å². The van der Waals surface area contributed by atoms with Crippen LogP contribution >= 0.6 is 18.9 Å². The third-order valence-electron chi connectivity index (χ3n) is 13.7. The molecule has 0 saturated carbocycles. The van der Waals surface area contributed by atoms with Crippen molar-refractivity contribution in [2.24, 2.45) is 0 Å². The highest BCUT2D eigenvalue weighted by Gasteiger charge is 2.57. The zero-order chi connectivity index (χ0) is 62.1. The van der Waals surface area contributed by atoms with E-state index in [1.54, 1.807) is 158 Å². The summed E-state index contributed by atoms with van der Waals surface area (Å²) in [5.41, 5.74) is -1.01. The third-order valence-corrected chi connectivity index (χ3v) is 16.4. The van der Waals surface area contributed by atoms with E-state index in [2.05, 4.69) is 0 Å². The van der Waals surface area contributed by atoms with Crippen LogP contribution in [0.15, 0.2) is 248 Å². The summed E-state index contributed by atoms with van der Waals surface area (Å²) in [7, 11) is -5.19. The molecule has 2 aliphatic rings. The molecule has 0 spiro atoms. The van der Waals surface area contributed by atoms with Gasteiger partial charge < -0.3 is 59.8 Å². The average molecular weight is 1260 g/mol. The molecular formula is C67H54O19PS2-. The molecule has 8 aromatic carbocycles. The maximum atomic E-state index is 15.3. The van der Waals surface area contributed by atoms with Crippen molar-refractivity contribution in [2.45, 2.75) is 65.5 Å². The largest absolute Gasteiger partial charge is 0.648 e. The summed E-state index contributed by atoms with van der Waals surface area (Å²) >= 11 is 6.69. The molecule has 19 nitrogen and oxygen atoms in total. The van der Waals surface area contributed by atoms with Crippen LogP contribution in [0.2, 0.25) is 0 Å². The minimum absolute atomic E-state index is 0.00869. The van der Waals surface area contributed by atoms with Crippen LogP contribution in [0.1, 0.15) is 72.5 Å². The van der Waals surface area contributed by atoms with Crippen LogP contribution in [-0.4, -0.2) is 116 Å². The van der Waals surface area contributed by atoms with E-state index in [-0.39, 0.29) is 38.9 Å². The summed E-state index contributed by atoms with van der Waals surface area (Å²) in [6.07, 6.45) is -16.4. The number of rotatable bonds is 22. The van der Waals surface area contributed by atoms with Crippen LogP contribution < -0.4 is 4.89 Å². The summed E-state index contributed by atoms with van der Waals surface area (Å²) < 4.78 is 68.3. The molecule has 0 amide bonds. The summed E-state index contributed by atoms with van der Waals surface area (Å²) in [5.74, 6) is -6.68. The Morgan fingerprint density at radius 1 is 0.360 bits per heavy atom. The zero-order valence-corrected chi connectivity index (χ0v) is 49.3. The Hall–Kier alpha value is -9.02. The van der Waals surface area contributed by atoms with Gasteiger partial charge in [-0.05, 0) is 97.1 Å². The number of esters is 7. The Labute approximate surface area is 520 Å². The van der Waals surface area contributed by atoms with Gasteiger partial charge in [0, 0.05) is 4.90 Å². The van der Waals surface area contributed by atoms with Crippen molar-refractivity contribution in [3.8, 4) is 0 Å². The van der Waals surface area contributed by atoms with E-state index in [9.17, 15) is 33.6 Å². The highest BCUT2D eigenvalue weighted by molar-refractivity contribution is 8.34. The van der Waals surface area contributed by atoms with Crippen molar-refractivity contribution in [1.29, 1.82) is 0 Å². The lowest BCUT2D eigenvalue weighted by Gasteiger charge is -2.47. The maximum absolute atomic E-state index is 15.3. The highest BCUT2D eigenvalue weighted by Crippen LogP contribution is 2.54. The molecule has 0 aliphatic carbocycles. The first-order valence-electron chi connectivity index (χ1n) is 27.7. The van der Waals surface area contributed by atoms with Crippen molar-refractivity contribution >= 4 is 72.9 Å². The third kappa shape index (κ3) is 16.8. The predicted molar refractivity (Wildman–Crippen MR) is 322 cm³/mol. The second kappa shape index (κ2) is 30.3. The first-order valence-corrected chi connectivity index (χ1v) is 31.2. The van der Waals surface area contributed by atoms with E-state index in [1.165, 1.54) is 84.9 Å². The molecule has 2 heterocycles. The molecule has 454 valence electrons. The quantitative estimate of drug-likeness (QED) is 0.0265. The van der Waals surface area contributed by atoms with Gasteiger partial charge in [0.1, 0.15) is 38.0 Å². The standard InChI is InChI=1S/C67H55O19PS2/c68-59(43-25-9-1-10-26-43)76-41-51-53(80-60(69)44-27-11-2-12-28-44)55(82-62(71)46-31-15-4-16-32-46)57(84-64(73)48-35-19-6-20-36-48)66(78-51)86-87(75,88)77-42-52-54(81-61(70)45-29-13-3-14-30-45)56(83-63(72)47-33-17-5-18-34-47)58(85-65(74)49-37-21-7-22-38-49)67(79-52)89-50-39-23-8-24-40-50/h1-40,51-58,66-67H,41-42H2,(H,75,88)/p-1/t51-,52-,53-,54-,55+,56+,57-,58-,66-,67-,87?/m1/s1. The molecule has 2 saturated heterocycles. The van der Waals surface area contributed by atoms with Gasteiger partial charge in [-0.25, -0.2) is 38.1 Å². The second-order valence-corrected chi connectivity index (χ2v) is 23.6. The van der Waals surface area contributed by atoms with Crippen LogP contribution in [0.4, 0.5) is 0 Å². The van der Waals surface area contributed by atoms with Gasteiger partial charge in [-0.15, -0.1) is 0 Å². The molecule has 0 radical (unpaired) electrons. The Morgan fingerprint density at radius 3 is 1.00 bits per heavy atom.